The summed E-state index contributed by atoms with van der Waals surface area (Å²) < 4.78 is 50.2. The smallest absolute Gasteiger partial charge is 0.246 e. The summed E-state index contributed by atoms with van der Waals surface area (Å²) >= 11 is 3.35. The lowest BCUT2D eigenvalue weighted by Crippen LogP contribution is -2.48. The quantitative estimate of drug-likeness (QED) is 0.535. The minimum absolute atomic E-state index is 0.166. The third-order valence-corrected chi connectivity index (χ3v) is 7.67. The summed E-state index contributed by atoms with van der Waals surface area (Å²) in [4.78, 5) is 2.35. The maximum atomic E-state index is 13.2. The predicted octanol–water partition coefficient (Wildman–Crippen LogP) is 2.99. The molecular weight excluding hydrogens is 488 g/mol. The number of nitrogens with zero attached hydrogens (tertiary/aromatic N) is 2. The monoisotopic (exact) mass is 514 g/mol. The maximum Gasteiger partial charge on any atom is 0.246 e. The normalized spacial score (nSPS) is 15.5. The van der Waals surface area contributed by atoms with Gasteiger partial charge in [-0.3, -0.25) is 4.90 Å². The zero-order chi connectivity index (χ0) is 22.6. The molecule has 10 heteroatoms. The Hall–Kier alpha value is -2.01. The molecule has 0 aromatic heterocycles. The largest absolute Gasteiger partial charge is 0.495 e. The molecule has 2 aromatic rings. The van der Waals surface area contributed by atoms with E-state index in [0.717, 1.165) is 5.56 Å². The summed E-state index contributed by atoms with van der Waals surface area (Å²) in [6.45, 7) is 2.55. The average Bonchev–Trinajstić information content (AvgIpc) is 2.78. The molecule has 0 unspecified atom stereocenters. The van der Waals surface area contributed by atoms with E-state index in [1.54, 1.807) is 39.5 Å². The van der Waals surface area contributed by atoms with Gasteiger partial charge >= 0.3 is 0 Å². The Labute approximate surface area is 191 Å². The molecule has 0 atom stereocenters. The Bertz CT molecular complexity index is 1020. The lowest BCUT2D eigenvalue weighted by Gasteiger charge is -2.34. The highest BCUT2D eigenvalue weighted by Gasteiger charge is 2.31. The fraction of sp³-hybridized carbons (Fsp3) is 0.429. The van der Waals surface area contributed by atoms with Crippen molar-refractivity contribution in [2.45, 2.75) is 11.4 Å². The number of hydrogen-bond acceptors (Lipinski definition) is 7. The van der Waals surface area contributed by atoms with Gasteiger partial charge in [-0.1, -0.05) is 22.0 Å². The number of methoxy groups -OCH3 is 4. The number of rotatable bonds is 8. The van der Waals surface area contributed by atoms with Crippen LogP contribution in [0.25, 0.3) is 0 Å². The molecule has 1 saturated heterocycles. The second-order valence-corrected chi connectivity index (χ2v) is 9.79. The minimum Gasteiger partial charge on any atom is -0.495 e. The fourth-order valence-corrected chi connectivity index (χ4v) is 5.76. The summed E-state index contributed by atoms with van der Waals surface area (Å²) in [5.41, 5.74) is 0.949. The maximum absolute atomic E-state index is 13.2. The van der Waals surface area contributed by atoms with Crippen LogP contribution in [-0.4, -0.2) is 72.2 Å². The van der Waals surface area contributed by atoms with Gasteiger partial charge in [0.25, 0.3) is 0 Å². The van der Waals surface area contributed by atoms with Crippen molar-refractivity contribution in [1.29, 1.82) is 0 Å². The Kier molecular flexibility index (Phi) is 7.68. The van der Waals surface area contributed by atoms with Crippen molar-refractivity contribution in [3.8, 4) is 23.0 Å². The SMILES string of the molecule is COc1ccc(Br)cc1S(=O)(=O)N1CCN(Cc2ccc(OC)c(OC)c2OC)CC1. The van der Waals surface area contributed by atoms with Gasteiger partial charge in [-0.05, 0) is 24.3 Å². The zero-order valence-corrected chi connectivity index (χ0v) is 20.5. The molecule has 0 aliphatic carbocycles. The summed E-state index contributed by atoms with van der Waals surface area (Å²) in [6, 6.07) is 8.77. The number of piperazine rings is 1. The van der Waals surface area contributed by atoms with Crippen LogP contribution < -0.4 is 18.9 Å². The molecule has 170 valence electrons. The van der Waals surface area contributed by atoms with Crippen LogP contribution in [0.3, 0.4) is 0 Å². The second-order valence-electron chi connectivity index (χ2n) is 6.97. The summed E-state index contributed by atoms with van der Waals surface area (Å²) in [5, 5.41) is 0. The lowest BCUT2D eigenvalue weighted by atomic mass is 10.1. The Balaban J connectivity index is 1.74. The van der Waals surface area contributed by atoms with E-state index >= 15 is 0 Å². The van der Waals surface area contributed by atoms with Crippen molar-refractivity contribution >= 4 is 26.0 Å². The van der Waals surface area contributed by atoms with Crippen LogP contribution in [-0.2, 0) is 16.6 Å². The standard InChI is InChI=1S/C21H27BrN2O6S/c1-27-17-8-6-16(22)13-19(17)31(25,26)24-11-9-23(10-12-24)14-15-5-7-18(28-2)21(30-4)20(15)29-3/h5-8,13H,9-12,14H2,1-4H3. The highest BCUT2D eigenvalue weighted by Crippen LogP contribution is 2.40. The van der Waals surface area contributed by atoms with Gasteiger partial charge in [0.1, 0.15) is 10.6 Å². The van der Waals surface area contributed by atoms with Crippen LogP contribution in [0.5, 0.6) is 23.0 Å². The Morgan fingerprint density at radius 1 is 0.839 bits per heavy atom. The minimum atomic E-state index is -3.67. The van der Waals surface area contributed by atoms with E-state index in [4.69, 9.17) is 18.9 Å². The molecule has 0 spiro atoms. The molecule has 0 radical (unpaired) electrons. The Morgan fingerprint density at radius 2 is 1.45 bits per heavy atom. The van der Waals surface area contributed by atoms with Crippen molar-refractivity contribution in [2.75, 3.05) is 54.6 Å². The molecule has 31 heavy (non-hydrogen) atoms. The Morgan fingerprint density at radius 3 is 2.03 bits per heavy atom. The van der Waals surface area contributed by atoms with Crippen LogP contribution in [0.15, 0.2) is 39.7 Å². The van der Waals surface area contributed by atoms with E-state index in [1.807, 2.05) is 12.1 Å². The summed E-state index contributed by atoms with van der Waals surface area (Å²) in [7, 11) is 2.55. The first kappa shape index (κ1) is 23.6. The molecule has 3 rings (SSSR count). The highest BCUT2D eigenvalue weighted by atomic mass is 79.9. The first-order valence-corrected chi connectivity index (χ1v) is 11.9. The molecule has 8 nitrogen and oxygen atoms in total. The van der Waals surface area contributed by atoms with Crippen LogP contribution in [0.4, 0.5) is 0 Å². The van der Waals surface area contributed by atoms with E-state index in [2.05, 4.69) is 20.8 Å². The number of ether oxygens (including phenoxy) is 4. The van der Waals surface area contributed by atoms with Crippen molar-refractivity contribution < 1.29 is 27.4 Å². The first-order chi connectivity index (χ1) is 14.8. The van der Waals surface area contributed by atoms with Crippen LogP contribution >= 0.6 is 15.9 Å². The van der Waals surface area contributed by atoms with Crippen molar-refractivity contribution in [3.05, 3.63) is 40.4 Å². The molecular formula is C21H27BrN2O6S. The molecule has 1 aliphatic rings. The lowest BCUT2D eigenvalue weighted by molar-refractivity contribution is 0.179. The highest BCUT2D eigenvalue weighted by molar-refractivity contribution is 9.10. The van der Waals surface area contributed by atoms with Crippen LogP contribution in [0, 0.1) is 0 Å². The van der Waals surface area contributed by atoms with Gasteiger partial charge in [0, 0.05) is 42.8 Å². The third kappa shape index (κ3) is 4.92. The average molecular weight is 515 g/mol. The molecule has 0 bridgehead atoms. The molecule has 0 saturated carbocycles. The number of halogens is 1. The van der Waals surface area contributed by atoms with Gasteiger partial charge in [0.2, 0.25) is 15.8 Å². The van der Waals surface area contributed by atoms with Crippen molar-refractivity contribution in [2.24, 2.45) is 0 Å². The van der Waals surface area contributed by atoms with Gasteiger partial charge in [0.15, 0.2) is 11.5 Å². The third-order valence-electron chi connectivity index (χ3n) is 5.25. The van der Waals surface area contributed by atoms with E-state index in [9.17, 15) is 8.42 Å². The topological polar surface area (TPSA) is 77.5 Å². The van der Waals surface area contributed by atoms with E-state index in [1.165, 1.54) is 11.4 Å². The zero-order valence-electron chi connectivity index (χ0n) is 18.1. The van der Waals surface area contributed by atoms with Gasteiger partial charge < -0.3 is 18.9 Å². The van der Waals surface area contributed by atoms with Gasteiger partial charge in [-0.15, -0.1) is 0 Å². The molecule has 1 heterocycles. The van der Waals surface area contributed by atoms with Crippen LogP contribution in [0.1, 0.15) is 5.56 Å². The molecule has 1 fully saturated rings. The van der Waals surface area contributed by atoms with E-state index in [0.29, 0.717) is 60.2 Å². The first-order valence-electron chi connectivity index (χ1n) is 9.69. The number of hydrogen-bond donors (Lipinski definition) is 0. The van der Waals surface area contributed by atoms with Gasteiger partial charge in [-0.2, -0.15) is 4.31 Å². The molecule has 0 amide bonds. The molecule has 0 N–H and O–H groups in total. The number of sulfonamides is 1. The van der Waals surface area contributed by atoms with Crippen LogP contribution in [0.2, 0.25) is 0 Å². The molecule has 2 aromatic carbocycles. The fourth-order valence-electron chi connectivity index (χ4n) is 3.65. The van der Waals surface area contributed by atoms with E-state index < -0.39 is 10.0 Å². The summed E-state index contributed by atoms with van der Waals surface area (Å²) in [5.74, 6) is 2.10. The summed E-state index contributed by atoms with van der Waals surface area (Å²) in [6.07, 6.45) is 0. The van der Waals surface area contributed by atoms with E-state index in [-0.39, 0.29) is 4.90 Å². The number of benzene rings is 2. The van der Waals surface area contributed by atoms with Crippen molar-refractivity contribution in [3.63, 3.8) is 0 Å². The predicted molar refractivity (Wildman–Crippen MR) is 121 cm³/mol. The molecule has 1 aliphatic heterocycles. The van der Waals surface area contributed by atoms with Crippen molar-refractivity contribution in [1.82, 2.24) is 9.21 Å². The van der Waals surface area contributed by atoms with Gasteiger partial charge in [-0.25, -0.2) is 8.42 Å². The second kappa shape index (κ2) is 10.1. The van der Waals surface area contributed by atoms with Gasteiger partial charge in [0.05, 0.1) is 28.4 Å².